The first kappa shape index (κ1) is 15.9. The lowest BCUT2D eigenvalue weighted by atomic mass is 9.98. The molecule has 1 unspecified atom stereocenters. The number of hydrogen-bond donors (Lipinski definition) is 1. The molecule has 5 heteroatoms. The summed E-state index contributed by atoms with van der Waals surface area (Å²) < 4.78 is 5.18. The number of carbonyl (C=O) groups is 1. The number of nitrogens with one attached hydrogen (secondary N) is 1. The summed E-state index contributed by atoms with van der Waals surface area (Å²) in [6.45, 7) is 0.473. The zero-order valence-corrected chi connectivity index (χ0v) is 14.0. The van der Waals surface area contributed by atoms with Crippen LogP contribution in [0.5, 0.6) is 5.75 Å². The SMILES string of the molecule is O=C(NCc1cccc(OC2CCCCC2)c1)C1CC1(Cl)Cl. The molecule has 2 fully saturated rings. The van der Waals surface area contributed by atoms with Gasteiger partial charge >= 0.3 is 0 Å². The molecule has 0 bridgehead atoms. The van der Waals surface area contributed by atoms with Crippen molar-refractivity contribution in [3.05, 3.63) is 29.8 Å². The third-order valence-electron chi connectivity index (χ3n) is 4.36. The first-order chi connectivity index (χ1) is 10.5. The molecule has 1 aromatic carbocycles. The monoisotopic (exact) mass is 341 g/mol. The first-order valence-electron chi connectivity index (χ1n) is 7.96. The molecule has 2 aliphatic carbocycles. The number of halogens is 2. The number of hydrogen-bond acceptors (Lipinski definition) is 2. The zero-order chi connectivity index (χ0) is 15.6. The summed E-state index contributed by atoms with van der Waals surface area (Å²) in [4.78, 5) is 11.9. The zero-order valence-electron chi connectivity index (χ0n) is 12.5. The van der Waals surface area contributed by atoms with Gasteiger partial charge in [-0.3, -0.25) is 4.79 Å². The molecule has 0 heterocycles. The predicted octanol–water partition coefficient (Wildman–Crippen LogP) is 4.21. The van der Waals surface area contributed by atoms with E-state index in [0.717, 1.165) is 24.2 Å². The summed E-state index contributed by atoms with van der Waals surface area (Å²) in [5.41, 5.74) is 1.03. The van der Waals surface area contributed by atoms with Crippen LogP contribution in [-0.4, -0.2) is 16.3 Å². The average molecular weight is 342 g/mol. The van der Waals surface area contributed by atoms with Crippen LogP contribution in [0.15, 0.2) is 24.3 Å². The Labute approximate surface area is 141 Å². The summed E-state index contributed by atoms with van der Waals surface area (Å²) in [7, 11) is 0. The number of carbonyl (C=O) groups excluding carboxylic acids is 1. The number of amides is 1. The van der Waals surface area contributed by atoms with Gasteiger partial charge in [-0.1, -0.05) is 18.6 Å². The fourth-order valence-corrected chi connectivity index (χ4v) is 3.42. The van der Waals surface area contributed by atoms with Crippen LogP contribution in [0.4, 0.5) is 0 Å². The van der Waals surface area contributed by atoms with Crippen LogP contribution in [-0.2, 0) is 11.3 Å². The second kappa shape index (κ2) is 6.67. The highest BCUT2D eigenvalue weighted by atomic mass is 35.5. The molecule has 1 N–H and O–H groups in total. The fourth-order valence-electron chi connectivity index (χ4n) is 2.91. The van der Waals surface area contributed by atoms with Gasteiger partial charge in [0.25, 0.3) is 0 Å². The number of rotatable bonds is 5. The average Bonchev–Trinajstić information content (AvgIpc) is 3.15. The van der Waals surface area contributed by atoms with E-state index < -0.39 is 4.33 Å². The molecular formula is C17H21Cl2NO2. The van der Waals surface area contributed by atoms with Gasteiger partial charge in [-0.05, 0) is 49.8 Å². The van der Waals surface area contributed by atoms with Crippen molar-refractivity contribution in [1.82, 2.24) is 5.32 Å². The number of benzene rings is 1. The van der Waals surface area contributed by atoms with Crippen LogP contribution in [0.25, 0.3) is 0 Å². The molecule has 0 spiro atoms. The molecule has 0 aliphatic heterocycles. The molecule has 2 aliphatic rings. The van der Waals surface area contributed by atoms with Crippen molar-refractivity contribution in [2.75, 3.05) is 0 Å². The highest BCUT2D eigenvalue weighted by Crippen LogP contribution is 2.53. The van der Waals surface area contributed by atoms with E-state index >= 15 is 0 Å². The lowest BCUT2D eigenvalue weighted by molar-refractivity contribution is -0.122. The van der Waals surface area contributed by atoms with Gasteiger partial charge in [0.15, 0.2) is 0 Å². The van der Waals surface area contributed by atoms with Crippen LogP contribution in [0.1, 0.15) is 44.1 Å². The van der Waals surface area contributed by atoms with Crippen LogP contribution in [0, 0.1) is 5.92 Å². The maximum absolute atomic E-state index is 11.9. The van der Waals surface area contributed by atoms with E-state index in [4.69, 9.17) is 27.9 Å². The number of alkyl halides is 2. The highest BCUT2D eigenvalue weighted by Gasteiger charge is 2.56. The molecule has 120 valence electrons. The normalized spacial score (nSPS) is 23.8. The van der Waals surface area contributed by atoms with Gasteiger partial charge in [-0.15, -0.1) is 23.2 Å². The van der Waals surface area contributed by atoms with E-state index in [-0.39, 0.29) is 11.8 Å². The van der Waals surface area contributed by atoms with Crippen molar-refractivity contribution in [3.8, 4) is 5.75 Å². The Balaban J connectivity index is 1.51. The lowest BCUT2D eigenvalue weighted by Gasteiger charge is -2.23. The molecule has 1 atom stereocenters. The largest absolute Gasteiger partial charge is 0.490 e. The summed E-state index contributed by atoms with van der Waals surface area (Å²) >= 11 is 11.8. The van der Waals surface area contributed by atoms with Crippen molar-refractivity contribution in [2.24, 2.45) is 5.92 Å². The molecule has 0 saturated heterocycles. The molecule has 1 amide bonds. The Morgan fingerprint density at radius 2 is 2.00 bits per heavy atom. The van der Waals surface area contributed by atoms with Gasteiger partial charge in [0.1, 0.15) is 10.1 Å². The molecule has 22 heavy (non-hydrogen) atoms. The topological polar surface area (TPSA) is 38.3 Å². The third-order valence-corrected chi connectivity index (χ3v) is 5.20. The Hall–Kier alpha value is -0.930. The number of ether oxygens (including phenoxy) is 1. The lowest BCUT2D eigenvalue weighted by Crippen LogP contribution is -2.26. The van der Waals surface area contributed by atoms with E-state index in [1.165, 1.54) is 19.3 Å². The maximum Gasteiger partial charge on any atom is 0.226 e. The van der Waals surface area contributed by atoms with Gasteiger partial charge < -0.3 is 10.1 Å². The van der Waals surface area contributed by atoms with Crippen molar-refractivity contribution in [2.45, 2.75) is 55.5 Å². The smallest absolute Gasteiger partial charge is 0.226 e. The first-order valence-corrected chi connectivity index (χ1v) is 8.71. The quantitative estimate of drug-likeness (QED) is 0.814. The van der Waals surface area contributed by atoms with E-state index in [2.05, 4.69) is 5.32 Å². The van der Waals surface area contributed by atoms with E-state index in [0.29, 0.717) is 19.1 Å². The molecule has 0 radical (unpaired) electrons. The Bertz CT molecular complexity index is 541. The van der Waals surface area contributed by atoms with Gasteiger partial charge in [0.2, 0.25) is 5.91 Å². The van der Waals surface area contributed by atoms with Crippen LogP contribution < -0.4 is 10.1 Å². The Morgan fingerprint density at radius 1 is 1.27 bits per heavy atom. The maximum atomic E-state index is 11.9. The fraction of sp³-hybridized carbons (Fsp3) is 0.588. The summed E-state index contributed by atoms with van der Waals surface area (Å²) in [6, 6.07) is 7.92. The van der Waals surface area contributed by atoms with Gasteiger partial charge in [0, 0.05) is 6.54 Å². The molecule has 3 rings (SSSR count). The summed E-state index contributed by atoms with van der Waals surface area (Å²) in [5.74, 6) is 0.523. The van der Waals surface area contributed by atoms with Gasteiger partial charge in [-0.2, -0.15) is 0 Å². The Kier molecular flexibility index (Phi) is 4.84. The standard InChI is InChI=1S/C17H21Cl2NO2/c18-17(19)10-15(17)16(21)20-11-12-5-4-8-14(9-12)22-13-6-2-1-3-7-13/h4-5,8-9,13,15H,1-3,6-7,10-11H2,(H,20,21). The van der Waals surface area contributed by atoms with Gasteiger partial charge in [0.05, 0.1) is 12.0 Å². The minimum Gasteiger partial charge on any atom is -0.490 e. The molecule has 1 aromatic rings. The van der Waals surface area contributed by atoms with Crippen LogP contribution in [0.3, 0.4) is 0 Å². The van der Waals surface area contributed by atoms with Crippen molar-refractivity contribution in [1.29, 1.82) is 0 Å². The molecular weight excluding hydrogens is 321 g/mol. The second-order valence-electron chi connectivity index (χ2n) is 6.26. The van der Waals surface area contributed by atoms with Crippen molar-refractivity contribution >= 4 is 29.1 Å². The minimum atomic E-state index is -0.865. The van der Waals surface area contributed by atoms with Crippen LogP contribution in [0.2, 0.25) is 0 Å². The second-order valence-corrected chi connectivity index (χ2v) is 7.80. The summed E-state index contributed by atoms with van der Waals surface area (Å²) in [5, 5.41) is 2.88. The highest BCUT2D eigenvalue weighted by molar-refractivity contribution is 6.52. The Morgan fingerprint density at radius 3 is 2.68 bits per heavy atom. The van der Waals surface area contributed by atoms with Gasteiger partial charge in [-0.25, -0.2) is 0 Å². The predicted molar refractivity (Wildman–Crippen MR) is 88.3 cm³/mol. The van der Waals surface area contributed by atoms with E-state index in [1.807, 2.05) is 24.3 Å². The summed E-state index contributed by atoms with van der Waals surface area (Å²) in [6.07, 6.45) is 6.95. The van der Waals surface area contributed by atoms with Crippen molar-refractivity contribution in [3.63, 3.8) is 0 Å². The van der Waals surface area contributed by atoms with E-state index in [1.54, 1.807) is 0 Å². The van der Waals surface area contributed by atoms with E-state index in [9.17, 15) is 4.79 Å². The minimum absolute atomic E-state index is 0.0800. The van der Waals surface area contributed by atoms with Crippen LogP contribution >= 0.6 is 23.2 Å². The molecule has 3 nitrogen and oxygen atoms in total. The molecule has 2 saturated carbocycles. The van der Waals surface area contributed by atoms with Crippen molar-refractivity contribution < 1.29 is 9.53 Å². The third kappa shape index (κ3) is 4.08. The molecule has 0 aromatic heterocycles.